The molecule has 1 amide bonds. The summed E-state index contributed by atoms with van der Waals surface area (Å²) in [5.74, 6) is 0.267. The lowest BCUT2D eigenvalue weighted by Crippen LogP contribution is -2.42. The molecule has 1 aromatic carbocycles. The lowest BCUT2D eigenvalue weighted by atomic mass is 9.91. The molecule has 24 heavy (non-hydrogen) atoms. The molecule has 0 radical (unpaired) electrons. The molecule has 2 aromatic rings. The third-order valence-electron chi connectivity index (χ3n) is 5.83. The second-order valence-electron chi connectivity index (χ2n) is 7.21. The zero-order valence-corrected chi connectivity index (χ0v) is 14.6. The van der Waals surface area contributed by atoms with Crippen LogP contribution in [0.3, 0.4) is 0 Å². The van der Waals surface area contributed by atoms with Gasteiger partial charge in [0.2, 0.25) is 0 Å². The third kappa shape index (κ3) is 2.24. The fourth-order valence-electron chi connectivity index (χ4n) is 4.62. The molecule has 0 saturated carbocycles. The Bertz CT molecular complexity index is 783. The molecule has 4 heteroatoms. The Morgan fingerprint density at radius 3 is 2.88 bits per heavy atom. The van der Waals surface area contributed by atoms with Gasteiger partial charge in [0.15, 0.2) is 0 Å². The van der Waals surface area contributed by atoms with Crippen molar-refractivity contribution in [2.75, 3.05) is 13.1 Å². The van der Waals surface area contributed by atoms with E-state index in [2.05, 4.69) is 40.5 Å². The summed E-state index contributed by atoms with van der Waals surface area (Å²) >= 11 is 1.71. The summed E-state index contributed by atoms with van der Waals surface area (Å²) in [6.45, 7) is 2.00. The number of nitrogens with one attached hydrogen (secondary N) is 1. The minimum absolute atomic E-state index is 0.267. The topological polar surface area (TPSA) is 32.3 Å². The number of hydrogen-bond acceptors (Lipinski definition) is 3. The van der Waals surface area contributed by atoms with Crippen molar-refractivity contribution in [3.05, 3.63) is 46.3 Å². The van der Waals surface area contributed by atoms with Crippen LogP contribution in [0.1, 0.15) is 40.1 Å². The highest BCUT2D eigenvalue weighted by molar-refractivity contribution is 7.17. The minimum Gasteiger partial charge on any atom is -0.331 e. The van der Waals surface area contributed by atoms with Crippen molar-refractivity contribution in [2.45, 2.75) is 44.2 Å². The molecule has 2 fully saturated rings. The first-order valence-electron chi connectivity index (χ1n) is 9.05. The molecule has 0 spiro atoms. The molecule has 1 aliphatic carbocycles. The molecule has 3 aliphatic rings. The smallest absolute Gasteiger partial charge is 0.264 e. The van der Waals surface area contributed by atoms with E-state index in [9.17, 15) is 4.79 Å². The van der Waals surface area contributed by atoms with E-state index in [0.717, 1.165) is 43.6 Å². The molecule has 2 saturated heterocycles. The summed E-state index contributed by atoms with van der Waals surface area (Å²) in [6.07, 6.45) is 5.57. The number of hydrogen-bond donors (Lipinski definition) is 1. The van der Waals surface area contributed by atoms with Crippen LogP contribution in [0.4, 0.5) is 0 Å². The molecular weight excluding hydrogens is 316 g/mol. The standard InChI is InChI=1S/C20H22N2OS/c23-20(22-15-7-8-16(22)12-21-10-9-15)18-11-14-6-5-13-3-1-2-4-17(13)19(14)24-18/h1-4,11,15-16,21H,5-10,12H2. The Hall–Kier alpha value is -1.65. The molecule has 2 aliphatic heterocycles. The molecule has 5 rings (SSSR count). The van der Waals surface area contributed by atoms with E-state index < -0.39 is 0 Å². The zero-order chi connectivity index (χ0) is 16.1. The molecule has 3 heterocycles. The van der Waals surface area contributed by atoms with Gasteiger partial charge in [-0.3, -0.25) is 4.79 Å². The molecule has 124 valence electrons. The zero-order valence-electron chi connectivity index (χ0n) is 13.8. The van der Waals surface area contributed by atoms with Crippen LogP contribution in [-0.4, -0.2) is 36.0 Å². The van der Waals surface area contributed by atoms with Crippen molar-refractivity contribution >= 4 is 17.2 Å². The number of benzene rings is 1. The Balaban J connectivity index is 1.51. The SMILES string of the molecule is O=C(c1cc2c(s1)-c1ccccc1CC2)N1C2CCNCC1CC2. The Morgan fingerprint density at radius 2 is 1.92 bits per heavy atom. The predicted molar refractivity (Wildman–Crippen MR) is 97.6 cm³/mol. The molecule has 3 nitrogen and oxygen atoms in total. The number of carbonyl (C=O) groups is 1. The van der Waals surface area contributed by atoms with Crippen LogP contribution in [0.2, 0.25) is 0 Å². The highest BCUT2D eigenvalue weighted by atomic mass is 32.1. The Kier molecular flexibility index (Phi) is 3.49. The first-order valence-corrected chi connectivity index (χ1v) is 9.87. The fraction of sp³-hybridized carbons (Fsp3) is 0.450. The van der Waals surface area contributed by atoms with Crippen LogP contribution in [0.5, 0.6) is 0 Å². The largest absolute Gasteiger partial charge is 0.331 e. The van der Waals surface area contributed by atoms with E-state index in [0.29, 0.717) is 12.1 Å². The second kappa shape index (κ2) is 5.71. The van der Waals surface area contributed by atoms with Gasteiger partial charge in [-0.15, -0.1) is 11.3 Å². The summed E-state index contributed by atoms with van der Waals surface area (Å²) in [4.78, 5) is 17.7. The lowest BCUT2D eigenvalue weighted by molar-refractivity contribution is 0.0685. The van der Waals surface area contributed by atoms with Crippen molar-refractivity contribution in [1.82, 2.24) is 10.2 Å². The maximum Gasteiger partial charge on any atom is 0.264 e. The van der Waals surface area contributed by atoms with E-state index >= 15 is 0 Å². The lowest BCUT2D eigenvalue weighted by Gasteiger charge is -2.27. The number of nitrogens with zero attached hydrogens (tertiary/aromatic N) is 1. The second-order valence-corrected chi connectivity index (χ2v) is 8.26. The molecule has 1 N–H and O–H groups in total. The first kappa shape index (κ1) is 14.7. The van der Waals surface area contributed by atoms with E-state index in [-0.39, 0.29) is 5.91 Å². The highest BCUT2D eigenvalue weighted by Crippen LogP contribution is 2.41. The van der Waals surface area contributed by atoms with Gasteiger partial charge in [-0.1, -0.05) is 24.3 Å². The van der Waals surface area contributed by atoms with Gasteiger partial charge in [0.25, 0.3) is 5.91 Å². The van der Waals surface area contributed by atoms with Gasteiger partial charge in [-0.05, 0) is 61.4 Å². The van der Waals surface area contributed by atoms with Gasteiger partial charge in [0.1, 0.15) is 0 Å². The van der Waals surface area contributed by atoms with Crippen LogP contribution in [0, 0.1) is 0 Å². The van der Waals surface area contributed by atoms with Crippen LogP contribution >= 0.6 is 11.3 Å². The minimum atomic E-state index is 0.267. The molecule has 2 atom stereocenters. The third-order valence-corrected chi connectivity index (χ3v) is 7.03. The summed E-state index contributed by atoms with van der Waals surface area (Å²) < 4.78 is 0. The Labute approximate surface area is 146 Å². The molecule has 1 aromatic heterocycles. The van der Waals surface area contributed by atoms with Crippen molar-refractivity contribution in [3.8, 4) is 10.4 Å². The average molecular weight is 338 g/mol. The summed E-state index contributed by atoms with van der Waals surface area (Å²) in [7, 11) is 0. The van der Waals surface area contributed by atoms with Gasteiger partial charge >= 0.3 is 0 Å². The number of carbonyl (C=O) groups excluding carboxylic acids is 1. The van der Waals surface area contributed by atoms with E-state index in [1.807, 2.05) is 0 Å². The number of aryl methyl sites for hydroxylation is 2. The van der Waals surface area contributed by atoms with Crippen molar-refractivity contribution < 1.29 is 4.79 Å². The van der Waals surface area contributed by atoms with Gasteiger partial charge in [0, 0.05) is 23.5 Å². The van der Waals surface area contributed by atoms with Crippen molar-refractivity contribution in [1.29, 1.82) is 0 Å². The first-order chi connectivity index (χ1) is 11.8. The number of thiophene rings is 1. The van der Waals surface area contributed by atoms with Gasteiger partial charge in [-0.25, -0.2) is 0 Å². The molecule has 2 bridgehead atoms. The number of rotatable bonds is 1. The van der Waals surface area contributed by atoms with Gasteiger partial charge in [0.05, 0.1) is 4.88 Å². The molecular formula is C20H22N2OS. The van der Waals surface area contributed by atoms with Crippen LogP contribution < -0.4 is 5.32 Å². The van der Waals surface area contributed by atoms with Crippen molar-refractivity contribution in [3.63, 3.8) is 0 Å². The monoisotopic (exact) mass is 338 g/mol. The van der Waals surface area contributed by atoms with Crippen molar-refractivity contribution in [2.24, 2.45) is 0 Å². The van der Waals surface area contributed by atoms with Crippen LogP contribution in [0.15, 0.2) is 30.3 Å². The summed E-state index contributed by atoms with van der Waals surface area (Å²) in [5.41, 5.74) is 4.12. The maximum atomic E-state index is 13.3. The summed E-state index contributed by atoms with van der Waals surface area (Å²) in [6, 6.07) is 11.6. The number of fused-ring (bicyclic) bond motifs is 5. The quantitative estimate of drug-likeness (QED) is 0.863. The highest BCUT2D eigenvalue weighted by Gasteiger charge is 2.39. The van der Waals surface area contributed by atoms with E-state index in [1.165, 1.54) is 28.0 Å². The van der Waals surface area contributed by atoms with E-state index in [1.54, 1.807) is 11.3 Å². The predicted octanol–water partition coefficient (Wildman–Crippen LogP) is 3.48. The normalized spacial score (nSPS) is 25.1. The molecule has 2 unspecified atom stereocenters. The van der Waals surface area contributed by atoms with Gasteiger partial charge in [-0.2, -0.15) is 0 Å². The van der Waals surface area contributed by atoms with Gasteiger partial charge < -0.3 is 10.2 Å². The Morgan fingerprint density at radius 1 is 1.08 bits per heavy atom. The van der Waals surface area contributed by atoms with Crippen LogP contribution in [0.25, 0.3) is 10.4 Å². The average Bonchev–Trinajstić information content (AvgIpc) is 3.14. The van der Waals surface area contributed by atoms with E-state index in [4.69, 9.17) is 0 Å². The summed E-state index contributed by atoms with van der Waals surface area (Å²) in [5, 5.41) is 3.49. The fourth-order valence-corrected chi connectivity index (χ4v) is 5.83. The number of amides is 1. The maximum absolute atomic E-state index is 13.3. The van der Waals surface area contributed by atoms with Crippen LogP contribution in [-0.2, 0) is 12.8 Å².